The molecule has 2 heterocycles. The van der Waals surface area contributed by atoms with Gasteiger partial charge in [-0.05, 0) is 29.7 Å². The van der Waals surface area contributed by atoms with Crippen LogP contribution >= 0.6 is 0 Å². The van der Waals surface area contributed by atoms with Crippen LogP contribution in [0.5, 0.6) is 0 Å². The lowest BCUT2D eigenvalue weighted by Gasteiger charge is -2.11. The van der Waals surface area contributed by atoms with Crippen LogP contribution in [0.25, 0.3) is 22.0 Å². The van der Waals surface area contributed by atoms with E-state index < -0.39 is 11.6 Å². The van der Waals surface area contributed by atoms with Crippen molar-refractivity contribution in [2.24, 2.45) is 0 Å². The second-order valence-electron chi connectivity index (χ2n) is 5.30. The minimum Gasteiger partial charge on any atom is -0.325 e. The van der Waals surface area contributed by atoms with Gasteiger partial charge in [0.05, 0.1) is 11.9 Å². The molecule has 0 unspecified atom stereocenters. The number of aromatic amines is 1. The number of H-pyrrole nitrogens is 1. The summed E-state index contributed by atoms with van der Waals surface area (Å²) in [6.45, 7) is 0. The van der Waals surface area contributed by atoms with E-state index in [-0.39, 0.29) is 0 Å². The summed E-state index contributed by atoms with van der Waals surface area (Å²) in [5, 5.41) is 11.6. The van der Waals surface area contributed by atoms with E-state index in [9.17, 15) is 8.78 Å². The molecule has 2 aromatic carbocycles. The predicted molar refractivity (Wildman–Crippen MR) is 89.0 cm³/mol. The fourth-order valence-electron chi connectivity index (χ4n) is 2.59. The minimum absolute atomic E-state index is 0.512. The van der Waals surface area contributed by atoms with E-state index in [1.54, 1.807) is 12.3 Å². The zero-order valence-corrected chi connectivity index (χ0v) is 12.4. The monoisotopic (exact) mass is 322 g/mol. The van der Waals surface area contributed by atoms with Crippen molar-refractivity contribution < 1.29 is 8.78 Å². The van der Waals surface area contributed by atoms with Gasteiger partial charge >= 0.3 is 0 Å². The zero-order valence-electron chi connectivity index (χ0n) is 12.4. The summed E-state index contributed by atoms with van der Waals surface area (Å²) in [7, 11) is 0. The quantitative estimate of drug-likeness (QED) is 0.577. The smallest absolute Gasteiger partial charge is 0.159 e. The molecule has 0 aliphatic carbocycles. The predicted octanol–water partition coefficient (Wildman–Crippen LogP) is 4.65. The molecule has 0 saturated heterocycles. The van der Waals surface area contributed by atoms with Crippen LogP contribution in [-0.2, 0) is 0 Å². The Hall–Kier alpha value is -3.28. The van der Waals surface area contributed by atoms with Crippen molar-refractivity contribution in [3.05, 3.63) is 72.4 Å². The number of halogens is 2. The van der Waals surface area contributed by atoms with Crippen molar-refractivity contribution in [2.45, 2.75) is 0 Å². The normalized spacial score (nSPS) is 10.9. The molecular formula is C18H12F2N4. The Morgan fingerprint density at radius 3 is 2.58 bits per heavy atom. The highest BCUT2D eigenvalue weighted by Crippen LogP contribution is 2.30. The lowest BCUT2D eigenvalue weighted by molar-refractivity contribution is 0.509. The number of anilines is 2. The maximum Gasteiger partial charge on any atom is 0.159 e. The molecular weight excluding hydrogens is 310 g/mol. The van der Waals surface area contributed by atoms with E-state index in [1.165, 1.54) is 6.07 Å². The van der Waals surface area contributed by atoms with E-state index in [0.717, 1.165) is 22.9 Å². The van der Waals surface area contributed by atoms with E-state index in [0.29, 0.717) is 22.9 Å². The van der Waals surface area contributed by atoms with Crippen molar-refractivity contribution in [1.29, 1.82) is 0 Å². The number of hydrogen-bond acceptors (Lipinski definition) is 3. The molecule has 0 atom stereocenters. The fraction of sp³-hybridized carbons (Fsp3) is 0. The number of nitrogens with one attached hydrogen (secondary N) is 2. The molecule has 4 rings (SSSR count). The molecule has 2 N–H and O–H groups in total. The number of benzene rings is 2. The highest BCUT2D eigenvalue weighted by Gasteiger charge is 2.11. The summed E-state index contributed by atoms with van der Waals surface area (Å²) in [5.74, 6) is -0.508. The Balaban J connectivity index is 1.90. The third-order valence-corrected chi connectivity index (χ3v) is 3.70. The van der Waals surface area contributed by atoms with Crippen LogP contribution in [0.15, 0.2) is 60.8 Å². The van der Waals surface area contributed by atoms with Crippen molar-refractivity contribution in [2.75, 3.05) is 5.32 Å². The lowest BCUT2D eigenvalue weighted by atomic mass is 10.0. The van der Waals surface area contributed by atoms with E-state index >= 15 is 0 Å². The summed E-state index contributed by atoms with van der Waals surface area (Å²) in [6.07, 6.45) is 1.62. The van der Waals surface area contributed by atoms with Gasteiger partial charge in [-0.15, -0.1) is 0 Å². The van der Waals surface area contributed by atoms with Gasteiger partial charge in [0.1, 0.15) is 11.6 Å². The Morgan fingerprint density at radius 2 is 1.79 bits per heavy atom. The highest BCUT2D eigenvalue weighted by molar-refractivity contribution is 5.96. The largest absolute Gasteiger partial charge is 0.325 e. The van der Waals surface area contributed by atoms with Crippen LogP contribution in [0, 0.1) is 11.6 Å². The standard InChI is InChI=1S/C18H12F2N4/c19-14-6-5-12(9-15(14)20)18-13-4-2-1-3-11(13)10-17(23-18)22-16-7-8-21-24-16/h1-10H,(H2,21,22,23,24). The van der Waals surface area contributed by atoms with Crippen molar-refractivity contribution in [1.82, 2.24) is 15.2 Å². The molecule has 118 valence electrons. The average Bonchev–Trinajstić information content (AvgIpc) is 3.10. The SMILES string of the molecule is Fc1ccc(-c2nc(Nc3ccn[nH]3)cc3ccccc23)cc1F. The molecule has 4 nitrogen and oxygen atoms in total. The molecule has 0 radical (unpaired) electrons. The molecule has 0 spiro atoms. The van der Waals surface area contributed by atoms with Crippen molar-refractivity contribution in [3.63, 3.8) is 0 Å². The van der Waals surface area contributed by atoms with Gasteiger partial charge in [0.25, 0.3) is 0 Å². The van der Waals surface area contributed by atoms with Crippen LogP contribution in [0.4, 0.5) is 20.4 Å². The maximum absolute atomic E-state index is 13.6. The summed E-state index contributed by atoms with van der Waals surface area (Å²) < 4.78 is 26.9. The fourth-order valence-corrected chi connectivity index (χ4v) is 2.59. The average molecular weight is 322 g/mol. The van der Waals surface area contributed by atoms with Gasteiger partial charge in [-0.25, -0.2) is 13.8 Å². The topological polar surface area (TPSA) is 53.6 Å². The third-order valence-electron chi connectivity index (χ3n) is 3.70. The molecule has 0 bridgehead atoms. The van der Waals surface area contributed by atoms with Gasteiger partial charge in [0.2, 0.25) is 0 Å². The van der Waals surface area contributed by atoms with Crippen LogP contribution in [-0.4, -0.2) is 15.2 Å². The van der Waals surface area contributed by atoms with Crippen LogP contribution in [0.2, 0.25) is 0 Å². The molecule has 0 aliphatic heterocycles. The molecule has 6 heteroatoms. The molecule has 0 saturated carbocycles. The zero-order chi connectivity index (χ0) is 16.5. The molecule has 0 amide bonds. The summed E-state index contributed by atoms with van der Waals surface area (Å²) >= 11 is 0. The van der Waals surface area contributed by atoms with E-state index in [2.05, 4.69) is 20.5 Å². The molecule has 2 aromatic heterocycles. The number of nitrogens with zero attached hydrogens (tertiary/aromatic N) is 2. The van der Waals surface area contributed by atoms with Gasteiger partial charge in [-0.2, -0.15) is 5.10 Å². The summed E-state index contributed by atoms with van der Waals surface area (Å²) in [4.78, 5) is 4.57. The first-order valence-corrected chi connectivity index (χ1v) is 7.32. The Morgan fingerprint density at radius 1 is 0.917 bits per heavy atom. The number of aromatic nitrogens is 3. The van der Waals surface area contributed by atoms with E-state index in [4.69, 9.17) is 0 Å². The number of pyridine rings is 1. The number of rotatable bonds is 3. The van der Waals surface area contributed by atoms with Gasteiger partial charge < -0.3 is 5.32 Å². The Labute approximate surface area is 136 Å². The summed E-state index contributed by atoms with van der Waals surface area (Å²) in [6, 6.07) is 15.1. The van der Waals surface area contributed by atoms with Gasteiger partial charge in [0, 0.05) is 17.0 Å². The van der Waals surface area contributed by atoms with Gasteiger partial charge in [0.15, 0.2) is 11.6 Å². The Kier molecular flexibility index (Phi) is 3.42. The first-order valence-electron chi connectivity index (χ1n) is 7.32. The van der Waals surface area contributed by atoms with Gasteiger partial charge in [-0.1, -0.05) is 24.3 Å². The molecule has 4 aromatic rings. The second-order valence-corrected chi connectivity index (χ2v) is 5.30. The van der Waals surface area contributed by atoms with Crippen LogP contribution in [0.3, 0.4) is 0 Å². The van der Waals surface area contributed by atoms with Crippen LogP contribution in [0.1, 0.15) is 0 Å². The molecule has 0 fully saturated rings. The molecule has 24 heavy (non-hydrogen) atoms. The van der Waals surface area contributed by atoms with Crippen molar-refractivity contribution >= 4 is 22.4 Å². The third kappa shape index (κ3) is 2.58. The highest BCUT2D eigenvalue weighted by atomic mass is 19.2. The van der Waals surface area contributed by atoms with Crippen molar-refractivity contribution in [3.8, 4) is 11.3 Å². The van der Waals surface area contributed by atoms with Gasteiger partial charge in [-0.3, -0.25) is 5.10 Å². The lowest BCUT2D eigenvalue weighted by Crippen LogP contribution is -1.97. The summed E-state index contributed by atoms with van der Waals surface area (Å²) in [5.41, 5.74) is 1.09. The first-order chi connectivity index (χ1) is 11.7. The van der Waals surface area contributed by atoms with Crippen LogP contribution < -0.4 is 5.32 Å². The molecule has 0 aliphatic rings. The Bertz CT molecular complexity index is 1010. The first kappa shape index (κ1) is 14.3. The minimum atomic E-state index is -0.898. The second kappa shape index (κ2) is 5.73. The maximum atomic E-state index is 13.6. The van der Waals surface area contributed by atoms with E-state index in [1.807, 2.05) is 30.3 Å². The number of fused-ring (bicyclic) bond motifs is 1. The number of hydrogen-bond donors (Lipinski definition) is 2.